The molecular weight excluding hydrogens is 380 g/mol. The van der Waals surface area contributed by atoms with Crippen LogP contribution in [-0.4, -0.2) is 85.0 Å². The standard InChI is InChI=1S/C23H34N4O3/c1-30-21-9-5-2-6-18(21)17-25-12-14-26(15-13-25)22(28)16-20-23(29)24-10-11-27(20)19-7-3-4-8-19/h2,5-6,9,19-20H,3-4,7-8,10-17H2,1H3,(H,24,29)/t20-/m0/s1. The topological polar surface area (TPSA) is 65.1 Å². The van der Waals surface area contributed by atoms with E-state index >= 15 is 0 Å². The lowest BCUT2D eigenvalue weighted by molar-refractivity contribution is -0.141. The van der Waals surface area contributed by atoms with Crippen molar-refractivity contribution < 1.29 is 14.3 Å². The molecule has 1 aromatic carbocycles. The lowest BCUT2D eigenvalue weighted by Gasteiger charge is -2.40. The van der Waals surface area contributed by atoms with Gasteiger partial charge in [-0.1, -0.05) is 31.0 Å². The van der Waals surface area contributed by atoms with Crippen LogP contribution in [0.1, 0.15) is 37.7 Å². The number of carbonyl (C=O) groups is 2. The number of hydrogen-bond acceptors (Lipinski definition) is 5. The summed E-state index contributed by atoms with van der Waals surface area (Å²) in [6.45, 7) is 5.49. The highest BCUT2D eigenvalue weighted by Crippen LogP contribution is 2.27. The molecule has 2 heterocycles. The van der Waals surface area contributed by atoms with E-state index in [2.05, 4.69) is 21.2 Å². The summed E-state index contributed by atoms with van der Waals surface area (Å²) in [5.41, 5.74) is 1.17. The average molecular weight is 415 g/mol. The largest absolute Gasteiger partial charge is 0.496 e. The Labute approximate surface area is 179 Å². The molecule has 2 aliphatic heterocycles. The van der Waals surface area contributed by atoms with Gasteiger partial charge < -0.3 is 15.0 Å². The second kappa shape index (κ2) is 9.79. The van der Waals surface area contributed by atoms with Crippen molar-refractivity contribution in [3.63, 3.8) is 0 Å². The summed E-state index contributed by atoms with van der Waals surface area (Å²) >= 11 is 0. The van der Waals surface area contributed by atoms with Gasteiger partial charge in [0.05, 0.1) is 19.6 Å². The molecule has 3 fully saturated rings. The number of hydrogen-bond donors (Lipinski definition) is 1. The monoisotopic (exact) mass is 414 g/mol. The van der Waals surface area contributed by atoms with Crippen LogP contribution in [0.4, 0.5) is 0 Å². The molecule has 164 valence electrons. The van der Waals surface area contributed by atoms with Gasteiger partial charge in [0.25, 0.3) is 0 Å². The summed E-state index contributed by atoms with van der Waals surface area (Å²) in [5, 5.41) is 2.97. The maximum absolute atomic E-state index is 13.0. The van der Waals surface area contributed by atoms with Crippen LogP contribution in [0, 0.1) is 0 Å². The third-order valence-electron chi connectivity index (χ3n) is 6.85. The van der Waals surface area contributed by atoms with E-state index < -0.39 is 0 Å². The highest BCUT2D eigenvalue weighted by Gasteiger charge is 2.37. The Balaban J connectivity index is 1.30. The summed E-state index contributed by atoms with van der Waals surface area (Å²) in [4.78, 5) is 32.2. The second-order valence-electron chi connectivity index (χ2n) is 8.66. The van der Waals surface area contributed by atoms with E-state index in [0.717, 1.165) is 44.8 Å². The minimum Gasteiger partial charge on any atom is -0.496 e. The molecule has 0 bridgehead atoms. The minimum atomic E-state index is -0.305. The van der Waals surface area contributed by atoms with Crippen molar-refractivity contribution in [3.05, 3.63) is 29.8 Å². The summed E-state index contributed by atoms with van der Waals surface area (Å²) < 4.78 is 5.46. The van der Waals surface area contributed by atoms with Crippen molar-refractivity contribution in [1.29, 1.82) is 0 Å². The van der Waals surface area contributed by atoms with E-state index in [9.17, 15) is 9.59 Å². The molecule has 1 saturated carbocycles. The number of amides is 2. The van der Waals surface area contributed by atoms with Crippen molar-refractivity contribution >= 4 is 11.8 Å². The summed E-state index contributed by atoms with van der Waals surface area (Å²) in [5.74, 6) is 1.04. The molecule has 0 radical (unpaired) electrons. The van der Waals surface area contributed by atoms with Crippen LogP contribution >= 0.6 is 0 Å². The molecule has 7 heteroatoms. The minimum absolute atomic E-state index is 0.0244. The van der Waals surface area contributed by atoms with Crippen LogP contribution in [0.2, 0.25) is 0 Å². The van der Waals surface area contributed by atoms with Crippen LogP contribution in [0.15, 0.2) is 24.3 Å². The number of para-hydroxylation sites is 1. The lowest BCUT2D eigenvalue weighted by Crippen LogP contribution is -2.59. The van der Waals surface area contributed by atoms with Gasteiger partial charge in [0, 0.05) is 57.4 Å². The Morgan fingerprint density at radius 3 is 2.57 bits per heavy atom. The fraction of sp³-hybridized carbons (Fsp3) is 0.652. The Bertz CT molecular complexity index is 742. The third-order valence-corrected chi connectivity index (χ3v) is 6.85. The summed E-state index contributed by atoms with van der Waals surface area (Å²) in [6, 6.07) is 8.25. The Morgan fingerprint density at radius 1 is 1.10 bits per heavy atom. The molecular formula is C23H34N4O3. The first-order chi connectivity index (χ1) is 14.7. The fourth-order valence-corrected chi connectivity index (χ4v) is 5.14. The molecule has 1 aliphatic carbocycles. The number of ether oxygens (including phenoxy) is 1. The first-order valence-electron chi connectivity index (χ1n) is 11.3. The smallest absolute Gasteiger partial charge is 0.237 e. The molecule has 0 aromatic heterocycles. The average Bonchev–Trinajstić information content (AvgIpc) is 3.31. The number of rotatable bonds is 6. The second-order valence-corrected chi connectivity index (χ2v) is 8.66. The molecule has 30 heavy (non-hydrogen) atoms. The summed E-state index contributed by atoms with van der Waals surface area (Å²) in [6.07, 6.45) is 5.07. The Kier molecular flexibility index (Phi) is 6.89. The van der Waals surface area contributed by atoms with Gasteiger partial charge in [-0.2, -0.15) is 0 Å². The highest BCUT2D eigenvalue weighted by molar-refractivity contribution is 5.89. The van der Waals surface area contributed by atoms with Gasteiger partial charge in [-0.25, -0.2) is 0 Å². The van der Waals surface area contributed by atoms with Crippen LogP contribution in [-0.2, 0) is 16.1 Å². The highest BCUT2D eigenvalue weighted by atomic mass is 16.5. The predicted octanol–water partition coefficient (Wildman–Crippen LogP) is 1.47. The fourth-order valence-electron chi connectivity index (χ4n) is 5.14. The quantitative estimate of drug-likeness (QED) is 0.764. The van der Waals surface area contributed by atoms with E-state index in [-0.39, 0.29) is 17.9 Å². The van der Waals surface area contributed by atoms with Gasteiger partial charge in [0.15, 0.2) is 0 Å². The van der Waals surface area contributed by atoms with Crippen molar-refractivity contribution in [1.82, 2.24) is 20.0 Å². The van der Waals surface area contributed by atoms with Crippen molar-refractivity contribution in [2.75, 3.05) is 46.4 Å². The van der Waals surface area contributed by atoms with E-state index in [0.29, 0.717) is 32.1 Å². The molecule has 3 aliphatic rings. The molecule has 0 spiro atoms. The number of carbonyl (C=O) groups excluding carboxylic acids is 2. The van der Waals surface area contributed by atoms with Gasteiger partial charge in [-0.05, 0) is 18.9 Å². The van der Waals surface area contributed by atoms with Crippen molar-refractivity contribution in [3.8, 4) is 5.75 Å². The van der Waals surface area contributed by atoms with Crippen LogP contribution in [0.5, 0.6) is 5.75 Å². The molecule has 2 saturated heterocycles. The number of methoxy groups -OCH3 is 1. The number of piperazine rings is 2. The first kappa shape index (κ1) is 21.1. The van der Waals surface area contributed by atoms with Crippen molar-refractivity contribution in [2.45, 2.75) is 50.7 Å². The van der Waals surface area contributed by atoms with Crippen molar-refractivity contribution in [2.24, 2.45) is 0 Å². The van der Waals surface area contributed by atoms with Gasteiger partial charge in [0.2, 0.25) is 11.8 Å². The normalized spacial score (nSPS) is 24.1. The van der Waals surface area contributed by atoms with Crippen LogP contribution < -0.4 is 10.1 Å². The molecule has 7 nitrogen and oxygen atoms in total. The molecule has 0 unspecified atom stereocenters. The maximum Gasteiger partial charge on any atom is 0.237 e. The van der Waals surface area contributed by atoms with E-state index in [1.165, 1.54) is 18.4 Å². The van der Waals surface area contributed by atoms with Crippen LogP contribution in [0.3, 0.4) is 0 Å². The van der Waals surface area contributed by atoms with Crippen LogP contribution in [0.25, 0.3) is 0 Å². The van der Waals surface area contributed by atoms with E-state index in [1.54, 1.807) is 7.11 Å². The van der Waals surface area contributed by atoms with Gasteiger partial charge >= 0.3 is 0 Å². The number of nitrogens with zero attached hydrogens (tertiary/aromatic N) is 3. The summed E-state index contributed by atoms with van der Waals surface area (Å²) in [7, 11) is 1.70. The first-order valence-corrected chi connectivity index (χ1v) is 11.3. The van der Waals surface area contributed by atoms with Gasteiger partial charge in [0.1, 0.15) is 5.75 Å². The van der Waals surface area contributed by atoms with E-state index in [1.807, 2.05) is 23.1 Å². The molecule has 1 aromatic rings. The Hall–Kier alpha value is -2.12. The molecule has 1 atom stereocenters. The lowest BCUT2D eigenvalue weighted by atomic mass is 10.0. The SMILES string of the molecule is COc1ccccc1CN1CCN(C(=O)C[C@H]2C(=O)NCCN2C2CCCC2)CC1. The zero-order valence-electron chi connectivity index (χ0n) is 18.0. The zero-order valence-corrected chi connectivity index (χ0v) is 18.0. The maximum atomic E-state index is 13.0. The third kappa shape index (κ3) is 4.78. The van der Waals surface area contributed by atoms with Gasteiger partial charge in [-0.3, -0.25) is 19.4 Å². The Morgan fingerprint density at radius 2 is 1.83 bits per heavy atom. The molecule has 1 N–H and O–H groups in total. The van der Waals surface area contributed by atoms with Gasteiger partial charge in [-0.15, -0.1) is 0 Å². The number of nitrogens with one attached hydrogen (secondary N) is 1. The number of benzene rings is 1. The molecule has 2 amide bonds. The zero-order chi connectivity index (χ0) is 20.9. The predicted molar refractivity (Wildman–Crippen MR) is 115 cm³/mol. The molecule has 4 rings (SSSR count). The van der Waals surface area contributed by atoms with E-state index in [4.69, 9.17) is 4.74 Å².